The van der Waals surface area contributed by atoms with Crippen LogP contribution in [-0.2, 0) is 35.0 Å². The maximum absolute atomic E-state index is 10.8. The van der Waals surface area contributed by atoms with E-state index in [2.05, 4.69) is 0 Å². The van der Waals surface area contributed by atoms with Crippen LogP contribution in [0.1, 0.15) is 26.3 Å². The molecule has 13 heteroatoms. The molecule has 3 saturated heterocycles. The number of hydrogen-bond acceptors (Lipinski definition) is 13. The Balaban J connectivity index is 1.35. The molecule has 15 atom stereocenters. The highest BCUT2D eigenvalue weighted by molar-refractivity contribution is 5.13. The van der Waals surface area contributed by atoms with Gasteiger partial charge in [0.05, 0.1) is 24.9 Å². The molecule has 3 aliphatic rings. The average Bonchev–Trinajstić information content (AvgIpc) is 2.90. The van der Waals surface area contributed by atoms with Crippen molar-refractivity contribution >= 4 is 0 Å². The van der Waals surface area contributed by atoms with E-state index < -0.39 is 92.1 Å². The quantitative estimate of drug-likeness (QED) is 0.194. The molecule has 3 aliphatic heterocycles. The van der Waals surface area contributed by atoms with Crippen LogP contribution in [0.25, 0.3) is 0 Å². The molecule has 7 N–H and O–H groups in total. The van der Waals surface area contributed by atoms with Crippen molar-refractivity contribution in [3.63, 3.8) is 0 Å². The summed E-state index contributed by atoms with van der Waals surface area (Å²) in [7, 11) is 0. The second kappa shape index (κ2) is 12.5. The number of benzene rings is 1. The first-order chi connectivity index (χ1) is 18.0. The summed E-state index contributed by atoms with van der Waals surface area (Å²) in [4.78, 5) is 0. The molecule has 3 heterocycles. The van der Waals surface area contributed by atoms with E-state index in [1.54, 1.807) is 6.92 Å². The van der Waals surface area contributed by atoms with Gasteiger partial charge in [0.15, 0.2) is 18.9 Å². The molecule has 13 nitrogen and oxygen atoms in total. The van der Waals surface area contributed by atoms with E-state index in [4.69, 9.17) is 28.4 Å². The van der Waals surface area contributed by atoms with Crippen LogP contribution in [0.3, 0.4) is 0 Å². The topological polar surface area (TPSA) is 197 Å². The molecule has 0 saturated carbocycles. The van der Waals surface area contributed by atoms with Crippen molar-refractivity contribution in [1.29, 1.82) is 0 Å². The Hall–Kier alpha value is -1.30. The predicted octanol–water partition coefficient (Wildman–Crippen LogP) is -2.27. The molecular formula is C25H38O13. The minimum absolute atomic E-state index is 0.150. The molecule has 3 fully saturated rings. The van der Waals surface area contributed by atoms with Crippen molar-refractivity contribution in [2.45, 2.75) is 119 Å². The van der Waals surface area contributed by atoms with Gasteiger partial charge < -0.3 is 64.2 Å². The Morgan fingerprint density at radius 1 is 0.553 bits per heavy atom. The normalized spacial score (nSPS) is 48.1. The molecule has 1 aromatic carbocycles. The second-order valence-corrected chi connectivity index (χ2v) is 10.1. The molecule has 38 heavy (non-hydrogen) atoms. The largest absolute Gasteiger partial charge is 0.388 e. The summed E-state index contributed by atoms with van der Waals surface area (Å²) >= 11 is 0. The molecule has 216 valence electrons. The monoisotopic (exact) mass is 546 g/mol. The van der Waals surface area contributed by atoms with E-state index in [0.29, 0.717) is 0 Å². The van der Waals surface area contributed by atoms with Crippen molar-refractivity contribution in [2.24, 2.45) is 0 Å². The Labute approximate surface area is 220 Å². The summed E-state index contributed by atoms with van der Waals surface area (Å²) in [5.74, 6) is 0. The van der Waals surface area contributed by atoms with Crippen LogP contribution in [0, 0.1) is 0 Å². The first-order valence-electron chi connectivity index (χ1n) is 12.7. The predicted molar refractivity (Wildman–Crippen MR) is 126 cm³/mol. The molecule has 0 amide bonds. The van der Waals surface area contributed by atoms with Gasteiger partial charge in [0.2, 0.25) is 0 Å². The maximum Gasteiger partial charge on any atom is 0.187 e. The summed E-state index contributed by atoms with van der Waals surface area (Å²) in [6, 6.07) is 9.24. The number of aliphatic hydroxyl groups excluding tert-OH is 7. The van der Waals surface area contributed by atoms with Gasteiger partial charge in [-0.05, 0) is 26.3 Å². The lowest BCUT2D eigenvalue weighted by atomic mass is 9.96. The minimum atomic E-state index is -1.66. The lowest BCUT2D eigenvalue weighted by molar-refractivity contribution is -0.373. The number of ether oxygens (including phenoxy) is 6. The zero-order valence-corrected chi connectivity index (χ0v) is 21.3. The molecular weight excluding hydrogens is 508 g/mol. The van der Waals surface area contributed by atoms with Gasteiger partial charge in [-0.3, -0.25) is 0 Å². The van der Waals surface area contributed by atoms with E-state index >= 15 is 0 Å². The average molecular weight is 547 g/mol. The van der Waals surface area contributed by atoms with Crippen LogP contribution in [0.2, 0.25) is 0 Å². The van der Waals surface area contributed by atoms with Crippen molar-refractivity contribution in [1.82, 2.24) is 0 Å². The van der Waals surface area contributed by atoms with Crippen LogP contribution in [0.4, 0.5) is 0 Å². The number of rotatable bonds is 7. The van der Waals surface area contributed by atoms with Crippen LogP contribution >= 0.6 is 0 Å². The van der Waals surface area contributed by atoms with Crippen molar-refractivity contribution in [3.05, 3.63) is 35.9 Å². The van der Waals surface area contributed by atoms with Gasteiger partial charge in [0.25, 0.3) is 0 Å². The van der Waals surface area contributed by atoms with Crippen LogP contribution in [0.15, 0.2) is 30.3 Å². The molecule has 0 unspecified atom stereocenters. The summed E-state index contributed by atoms with van der Waals surface area (Å²) in [6.45, 7) is 4.76. The first-order valence-corrected chi connectivity index (χ1v) is 12.7. The lowest BCUT2D eigenvalue weighted by Crippen LogP contribution is -2.65. The fraction of sp³-hybridized carbons (Fsp3) is 0.760. The number of hydrogen-bond donors (Lipinski definition) is 7. The fourth-order valence-electron chi connectivity index (χ4n) is 4.83. The highest BCUT2D eigenvalue weighted by atomic mass is 16.8. The van der Waals surface area contributed by atoms with Crippen molar-refractivity contribution in [2.75, 3.05) is 0 Å². The van der Waals surface area contributed by atoms with E-state index in [9.17, 15) is 35.7 Å². The lowest BCUT2D eigenvalue weighted by Gasteiger charge is -2.47. The third-order valence-corrected chi connectivity index (χ3v) is 7.20. The molecule has 1 aromatic rings. The summed E-state index contributed by atoms with van der Waals surface area (Å²) in [5.41, 5.74) is 0.855. The van der Waals surface area contributed by atoms with Crippen molar-refractivity contribution in [3.8, 4) is 0 Å². The standard InChI is InChI=1S/C25H38O13/c1-10-14(26)15(27)18(30)24(34-10)37-22-12(3)36-25(20(32)17(22)29)38-21-11(2)35-23(19(31)16(21)28)33-9-13-7-5-4-6-8-13/h4-8,10-12,14-32H,9H2,1-3H3/t10-,11-,12-,14-,15+,16-,17-,18+,19+,20+,21-,22-,23+,24-,25-/m1/s1. The second-order valence-electron chi connectivity index (χ2n) is 10.1. The highest BCUT2D eigenvalue weighted by Gasteiger charge is 2.51. The third-order valence-electron chi connectivity index (χ3n) is 7.20. The van der Waals surface area contributed by atoms with Crippen LogP contribution in [0.5, 0.6) is 0 Å². The van der Waals surface area contributed by atoms with Gasteiger partial charge in [0.1, 0.15) is 54.9 Å². The highest BCUT2D eigenvalue weighted by Crippen LogP contribution is 2.32. The van der Waals surface area contributed by atoms with E-state index in [-0.39, 0.29) is 6.61 Å². The van der Waals surface area contributed by atoms with Crippen LogP contribution < -0.4 is 0 Å². The fourth-order valence-corrected chi connectivity index (χ4v) is 4.83. The Morgan fingerprint density at radius 2 is 1.00 bits per heavy atom. The zero-order valence-electron chi connectivity index (χ0n) is 21.3. The summed E-state index contributed by atoms with van der Waals surface area (Å²) < 4.78 is 33.9. The van der Waals surface area contributed by atoms with Crippen molar-refractivity contribution < 1.29 is 64.2 Å². The molecule has 0 radical (unpaired) electrons. The maximum atomic E-state index is 10.8. The SMILES string of the molecule is C[C@H]1O[C@H](O[C@H]2[C@H](O)[C@H](O)[C@@H](O[C@H]3[C@H](O)[C@H](O)[C@@H](OCc4ccccc4)O[C@@H]3C)O[C@@H]2C)[C@@H](O)[C@@H](O)[C@@H]1O. The van der Waals surface area contributed by atoms with Crippen LogP contribution in [-0.4, -0.2) is 128 Å². The van der Waals surface area contributed by atoms with E-state index in [0.717, 1.165) is 5.56 Å². The van der Waals surface area contributed by atoms with Gasteiger partial charge in [-0.15, -0.1) is 0 Å². The Bertz CT molecular complexity index is 876. The van der Waals surface area contributed by atoms with Gasteiger partial charge in [-0.2, -0.15) is 0 Å². The molecule has 4 rings (SSSR count). The summed E-state index contributed by atoms with van der Waals surface area (Å²) in [6.07, 6.45) is -19.5. The van der Waals surface area contributed by atoms with E-state index in [1.807, 2.05) is 30.3 Å². The van der Waals surface area contributed by atoms with Gasteiger partial charge in [-0.1, -0.05) is 30.3 Å². The third kappa shape index (κ3) is 6.20. The van der Waals surface area contributed by atoms with Gasteiger partial charge in [-0.25, -0.2) is 0 Å². The van der Waals surface area contributed by atoms with Gasteiger partial charge in [0, 0.05) is 0 Å². The number of aliphatic hydroxyl groups is 7. The zero-order chi connectivity index (χ0) is 27.7. The minimum Gasteiger partial charge on any atom is -0.388 e. The Kier molecular flexibility index (Phi) is 9.74. The molecule has 0 aromatic heterocycles. The van der Waals surface area contributed by atoms with Gasteiger partial charge >= 0.3 is 0 Å². The molecule has 0 spiro atoms. The summed E-state index contributed by atoms with van der Waals surface area (Å²) in [5, 5.41) is 72.9. The smallest absolute Gasteiger partial charge is 0.187 e. The molecule has 0 bridgehead atoms. The van der Waals surface area contributed by atoms with E-state index in [1.165, 1.54) is 13.8 Å². The first kappa shape index (κ1) is 29.7. The Morgan fingerprint density at radius 3 is 1.55 bits per heavy atom. The molecule has 0 aliphatic carbocycles.